The van der Waals surface area contributed by atoms with Crippen LogP contribution in [0.4, 0.5) is 0 Å². The van der Waals surface area contributed by atoms with Crippen molar-refractivity contribution in [3.8, 4) is 0 Å². The third kappa shape index (κ3) is 5.31. The van der Waals surface area contributed by atoms with E-state index in [1.807, 2.05) is 13.0 Å². The van der Waals surface area contributed by atoms with Crippen LogP contribution in [0.2, 0.25) is 0 Å². The van der Waals surface area contributed by atoms with E-state index in [9.17, 15) is 14.4 Å². The minimum atomic E-state index is -0.613. The normalized spacial score (nSPS) is 10.4. The molecule has 0 bridgehead atoms. The number of carbonyl (C=O) groups is 3. The maximum absolute atomic E-state index is 12.0. The maximum atomic E-state index is 12.0. The monoisotopic (exact) mass is 263 g/mol. The maximum Gasteiger partial charge on any atom is 0.231 e. The first-order valence-electron chi connectivity index (χ1n) is 5.77. The number of ketones is 1. The van der Waals surface area contributed by atoms with Crippen LogP contribution in [-0.4, -0.2) is 42.1 Å². The standard InChI is InChI=1S/C13H17N3O3/c1-9-3-2-4-10(5-9)11(17)6-16(7-12(14)18)8-13(15)19/h2-5H,6-8H2,1H3,(H2,14,18)(H2,15,19). The van der Waals surface area contributed by atoms with Crippen LogP contribution in [0.5, 0.6) is 0 Å². The molecule has 0 fully saturated rings. The van der Waals surface area contributed by atoms with Gasteiger partial charge in [-0.15, -0.1) is 0 Å². The van der Waals surface area contributed by atoms with Gasteiger partial charge in [-0.05, 0) is 13.0 Å². The molecule has 0 atom stereocenters. The minimum Gasteiger partial charge on any atom is -0.369 e. The van der Waals surface area contributed by atoms with Crippen LogP contribution >= 0.6 is 0 Å². The second-order valence-electron chi connectivity index (χ2n) is 4.37. The molecule has 0 aliphatic rings. The summed E-state index contributed by atoms with van der Waals surface area (Å²) in [6.45, 7) is 1.44. The van der Waals surface area contributed by atoms with Crippen LogP contribution in [0.1, 0.15) is 15.9 Å². The lowest BCUT2D eigenvalue weighted by molar-refractivity contribution is -0.121. The van der Waals surface area contributed by atoms with Crippen molar-refractivity contribution in [3.63, 3.8) is 0 Å². The number of Topliss-reactive ketones (excluding diaryl/α,β-unsaturated/α-hetero) is 1. The van der Waals surface area contributed by atoms with Gasteiger partial charge in [0, 0.05) is 5.56 Å². The number of benzene rings is 1. The Balaban J connectivity index is 2.75. The third-order valence-corrected chi connectivity index (χ3v) is 2.47. The van der Waals surface area contributed by atoms with E-state index < -0.39 is 11.8 Å². The van der Waals surface area contributed by atoms with Crippen LogP contribution in [0, 0.1) is 6.92 Å². The van der Waals surface area contributed by atoms with Crippen molar-refractivity contribution in [3.05, 3.63) is 35.4 Å². The number of carbonyl (C=O) groups excluding carboxylic acids is 3. The second kappa shape index (κ2) is 6.65. The number of amides is 2. The smallest absolute Gasteiger partial charge is 0.231 e. The highest BCUT2D eigenvalue weighted by molar-refractivity contribution is 5.98. The molecular formula is C13H17N3O3. The van der Waals surface area contributed by atoms with E-state index in [2.05, 4.69) is 0 Å². The molecular weight excluding hydrogens is 246 g/mol. The van der Waals surface area contributed by atoms with Crippen molar-refractivity contribution < 1.29 is 14.4 Å². The molecule has 0 aliphatic heterocycles. The number of nitrogens with two attached hydrogens (primary N) is 2. The van der Waals surface area contributed by atoms with Gasteiger partial charge in [0.15, 0.2) is 5.78 Å². The van der Waals surface area contributed by atoms with Gasteiger partial charge in [0.25, 0.3) is 0 Å². The molecule has 0 saturated carbocycles. The minimum absolute atomic E-state index is 0.0741. The summed E-state index contributed by atoms with van der Waals surface area (Å²) in [5, 5.41) is 0. The first-order chi connectivity index (χ1) is 8.88. The summed E-state index contributed by atoms with van der Waals surface area (Å²) in [5.74, 6) is -1.41. The topological polar surface area (TPSA) is 106 Å². The molecule has 0 aliphatic carbocycles. The summed E-state index contributed by atoms with van der Waals surface area (Å²) in [5.41, 5.74) is 11.6. The molecule has 19 heavy (non-hydrogen) atoms. The average Bonchev–Trinajstić information content (AvgIpc) is 2.26. The van der Waals surface area contributed by atoms with Gasteiger partial charge < -0.3 is 11.5 Å². The van der Waals surface area contributed by atoms with Crippen LogP contribution in [-0.2, 0) is 9.59 Å². The van der Waals surface area contributed by atoms with Gasteiger partial charge in [-0.2, -0.15) is 0 Å². The van der Waals surface area contributed by atoms with Crippen molar-refractivity contribution in [1.29, 1.82) is 0 Å². The Bertz CT molecular complexity index is 484. The molecule has 0 heterocycles. The molecule has 0 unspecified atom stereocenters. The highest BCUT2D eigenvalue weighted by Gasteiger charge is 2.16. The SMILES string of the molecule is Cc1cccc(C(=O)CN(CC(N)=O)CC(N)=O)c1. The van der Waals surface area contributed by atoms with E-state index in [-0.39, 0.29) is 25.4 Å². The highest BCUT2D eigenvalue weighted by Crippen LogP contribution is 2.06. The summed E-state index contributed by atoms with van der Waals surface area (Å²) < 4.78 is 0. The fourth-order valence-corrected chi connectivity index (χ4v) is 1.72. The van der Waals surface area contributed by atoms with Crippen molar-refractivity contribution >= 4 is 17.6 Å². The Labute approximate surface area is 111 Å². The molecule has 6 heteroatoms. The Morgan fingerprint density at radius 1 is 1.05 bits per heavy atom. The molecule has 6 nitrogen and oxygen atoms in total. The molecule has 1 aromatic rings. The summed E-state index contributed by atoms with van der Waals surface area (Å²) in [6.07, 6.45) is 0. The zero-order chi connectivity index (χ0) is 14.4. The Morgan fingerprint density at radius 2 is 1.63 bits per heavy atom. The molecule has 4 N–H and O–H groups in total. The van der Waals surface area contributed by atoms with Crippen LogP contribution in [0.25, 0.3) is 0 Å². The van der Waals surface area contributed by atoms with Gasteiger partial charge in [0.1, 0.15) is 0 Å². The Morgan fingerprint density at radius 3 is 2.11 bits per heavy atom. The summed E-state index contributed by atoms with van der Waals surface area (Å²) >= 11 is 0. The molecule has 0 radical (unpaired) electrons. The number of aryl methyl sites for hydroxylation is 1. The molecule has 1 rings (SSSR count). The molecule has 0 spiro atoms. The Kier molecular flexibility index (Phi) is 5.20. The van der Waals surface area contributed by atoms with E-state index >= 15 is 0 Å². The van der Waals surface area contributed by atoms with Crippen molar-refractivity contribution in [1.82, 2.24) is 4.90 Å². The second-order valence-corrected chi connectivity index (χ2v) is 4.37. The highest BCUT2D eigenvalue weighted by atomic mass is 16.2. The van der Waals surface area contributed by atoms with Crippen LogP contribution in [0.15, 0.2) is 24.3 Å². The lowest BCUT2D eigenvalue weighted by Gasteiger charge is -2.17. The van der Waals surface area contributed by atoms with Gasteiger partial charge >= 0.3 is 0 Å². The molecule has 0 saturated heterocycles. The van der Waals surface area contributed by atoms with Gasteiger partial charge in [0.05, 0.1) is 19.6 Å². The zero-order valence-corrected chi connectivity index (χ0v) is 10.8. The summed E-state index contributed by atoms with van der Waals surface area (Å²) in [7, 11) is 0. The predicted octanol–water partition coefficient (Wildman–Crippen LogP) is -0.550. The third-order valence-electron chi connectivity index (χ3n) is 2.47. The molecule has 102 valence electrons. The molecule has 1 aromatic carbocycles. The fourth-order valence-electron chi connectivity index (χ4n) is 1.72. The van der Waals surface area contributed by atoms with E-state index in [4.69, 9.17) is 11.5 Å². The predicted molar refractivity (Wildman–Crippen MR) is 70.3 cm³/mol. The van der Waals surface area contributed by atoms with E-state index in [1.54, 1.807) is 18.2 Å². The van der Waals surface area contributed by atoms with E-state index in [0.29, 0.717) is 5.56 Å². The first kappa shape index (κ1) is 14.8. The Hall–Kier alpha value is -2.21. The average molecular weight is 263 g/mol. The number of primary amides is 2. The van der Waals surface area contributed by atoms with E-state index in [1.165, 1.54) is 4.90 Å². The number of nitrogens with zero attached hydrogens (tertiary/aromatic N) is 1. The molecule has 2 amide bonds. The quantitative estimate of drug-likeness (QED) is 0.644. The summed E-state index contributed by atoms with van der Waals surface area (Å²) in [4.78, 5) is 35.1. The lowest BCUT2D eigenvalue weighted by atomic mass is 10.1. The fraction of sp³-hybridized carbons (Fsp3) is 0.308. The van der Waals surface area contributed by atoms with Crippen molar-refractivity contribution in [2.24, 2.45) is 11.5 Å². The lowest BCUT2D eigenvalue weighted by Crippen LogP contribution is -2.42. The first-order valence-corrected chi connectivity index (χ1v) is 5.77. The van der Waals surface area contributed by atoms with Gasteiger partial charge in [-0.3, -0.25) is 19.3 Å². The zero-order valence-electron chi connectivity index (χ0n) is 10.8. The largest absolute Gasteiger partial charge is 0.369 e. The van der Waals surface area contributed by atoms with Gasteiger partial charge in [-0.25, -0.2) is 0 Å². The van der Waals surface area contributed by atoms with Gasteiger partial charge in [0.2, 0.25) is 11.8 Å². The van der Waals surface area contributed by atoms with Crippen molar-refractivity contribution in [2.45, 2.75) is 6.92 Å². The number of hydrogen-bond acceptors (Lipinski definition) is 4. The number of hydrogen-bond donors (Lipinski definition) is 2. The van der Waals surface area contributed by atoms with Crippen LogP contribution in [0.3, 0.4) is 0 Å². The summed E-state index contributed by atoms with van der Waals surface area (Å²) in [6, 6.07) is 7.08. The van der Waals surface area contributed by atoms with Gasteiger partial charge in [-0.1, -0.05) is 23.8 Å². The molecule has 0 aromatic heterocycles. The number of rotatable bonds is 7. The van der Waals surface area contributed by atoms with Crippen molar-refractivity contribution in [2.75, 3.05) is 19.6 Å². The van der Waals surface area contributed by atoms with E-state index in [0.717, 1.165) is 5.56 Å². The van der Waals surface area contributed by atoms with Crippen LogP contribution < -0.4 is 11.5 Å².